The van der Waals surface area contributed by atoms with Gasteiger partial charge in [0.25, 0.3) is 14.1 Å². The number of ether oxygens (including phenoxy) is 1. The maximum Gasteiger partial charge on any atom is 0.330 e. The molecule has 0 bridgehead atoms. The van der Waals surface area contributed by atoms with Crippen LogP contribution in [0.3, 0.4) is 0 Å². The fourth-order valence-corrected chi connectivity index (χ4v) is 6.75. The zero-order valence-corrected chi connectivity index (χ0v) is 28.2. The maximum absolute atomic E-state index is 12.1. The SMILES string of the molecule is CC.COP(OCCC#N)N(C(C)C)C(C)C.O=c1ccn(C2CN(C3CCCCC3)CC(COI)O2)c(=O)[nH]1. The molecule has 1 saturated carbocycles. The number of nitriles is 1. The van der Waals surface area contributed by atoms with Gasteiger partial charge in [0.05, 0.1) is 31.8 Å². The van der Waals surface area contributed by atoms with E-state index in [0.717, 1.165) is 6.54 Å². The first-order valence-corrected chi connectivity index (χ1v) is 16.3. The molecule has 0 spiro atoms. The Kier molecular flexibility index (Phi) is 19.4. The number of morpholine rings is 1. The largest absolute Gasteiger partial charge is 0.349 e. The Morgan fingerprint density at radius 3 is 2.35 bits per heavy atom. The Labute approximate surface area is 255 Å². The van der Waals surface area contributed by atoms with Crippen molar-refractivity contribution in [2.45, 2.75) is 111 Å². The zero-order valence-electron chi connectivity index (χ0n) is 25.2. The second-order valence-electron chi connectivity index (χ2n) is 9.98. The fraction of sp³-hybridized carbons (Fsp3) is 0.815. The normalized spacial score (nSPS) is 20.9. The first kappa shape index (κ1) is 37.1. The summed E-state index contributed by atoms with van der Waals surface area (Å²) in [5.74, 6) is 0. The number of nitrogens with one attached hydrogen (secondary N) is 1. The molecule has 11 nitrogen and oxygen atoms in total. The molecule has 1 aliphatic heterocycles. The predicted molar refractivity (Wildman–Crippen MR) is 167 cm³/mol. The molecular weight excluding hydrogens is 648 g/mol. The van der Waals surface area contributed by atoms with E-state index in [1.54, 1.807) is 7.11 Å². The van der Waals surface area contributed by atoms with E-state index in [9.17, 15) is 9.59 Å². The first-order chi connectivity index (χ1) is 19.2. The van der Waals surface area contributed by atoms with Crippen LogP contribution in [0.5, 0.6) is 0 Å². The van der Waals surface area contributed by atoms with E-state index in [1.807, 2.05) is 36.9 Å². The molecule has 3 rings (SSSR count). The molecule has 0 amide bonds. The van der Waals surface area contributed by atoms with E-state index in [2.05, 4.69) is 48.3 Å². The smallest absolute Gasteiger partial charge is 0.330 e. The van der Waals surface area contributed by atoms with Crippen LogP contribution in [0.1, 0.15) is 86.3 Å². The highest BCUT2D eigenvalue weighted by atomic mass is 127. The molecule has 0 aromatic carbocycles. The molecule has 2 fully saturated rings. The molecule has 1 N–H and O–H groups in total. The van der Waals surface area contributed by atoms with Gasteiger partial charge in [0.2, 0.25) is 0 Å². The lowest BCUT2D eigenvalue weighted by molar-refractivity contribution is -0.141. The van der Waals surface area contributed by atoms with Crippen molar-refractivity contribution in [1.29, 1.82) is 5.26 Å². The molecule has 1 aliphatic carbocycles. The number of nitrogens with zero attached hydrogens (tertiary/aromatic N) is 4. The summed E-state index contributed by atoms with van der Waals surface area (Å²) in [7, 11) is 0.618. The minimum absolute atomic E-state index is 0.0774. The number of hydrogen-bond acceptors (Lipinski definition) is 9. The standard InChI is InChI=1S/C15H22IN3O4.C10H21N2O2P.C2H6/c16-22-10-12-8-18(11-4-2-1-3-5-11)9-14(23-12)19-7-6-13(20)17-15(19)21;1-9(2)12(10(3)4)15(13-5)14-8-6-7-11;1-2/h6-7,11-12,14H,1-5,8-10H2,(H,17,20,21);9-10H,6,8H2,1-5H3;1-2H3. The van der Waals surface area contributed by atoms with Crippen LogP contribution in [0.4, 0.5) is 0 Å². The number of aromatic amines is 1. The van der Waals surface area contributed by atoms with Crippen LogP contribution in [0.25, 0.3) is 0 Å². The van der Waals surface area contributed by atoms with Crippen LogP contribution >= 0.6 is 31.5 Å². The van der Waals surface area contributed by atoms with Gasteiger partial charge in [-0.2, -0.15) is 5.26 Å². The summed E-state index contributed by atoms with van der Waals surface area (Å²) in [4.78, 5) is 28.0. The number of halogens is 1. The Morgan fingerprint density at radius 1 is 1.18 bits per heavy atom. The molecule has 13 heteroatoms. The highest BCUT2D eigenvalue weighted by Gasteiger charge is 2.34. The quantitative estimate of drug-likeness (QED) is 0.185. The van der Waals surface area contributed by atoms with Crippen molar-refractivity contribution in [3.8, 4) is 6.07 Å². The second-order valence-corrected chi connectivity index (χ2v) is 12.2. The van der Waals surface area contributed by atoms with Gasteiger partial charge in [-0.05, 0) is 40.5 Å². The van der Waals surface area contributed by atoms with Crippen molar-refractivity contribution in [3.05, 3.63) is 33.1 Å². The van der Waals surface area contributed by atoms with Gasteiger partial charge >= 0.3 is 5.69 Å². The van der Waals surface area contributed by atoms with Gasteiger partial charge in [0.1, 0.15) is 23.0 Å². The summed E-state index contributed by atoms with van der Waals surface area (Å²) >= 11 is 1.87. The van der Waals surface area contributed by atoms with E-state index in [0.29, 0.717) is 44.3 Å². The number of hydrogen-bond donors (Lipinski definition) is 1. The fourth-order valence-electron chi connectivity index (χ4n) is 4.92. The maximum atomic E-state index is 12.1. The summed E-state index contributed by atoms with van der Waals surface area (Å²) in [6.45, 7) is 14.9. The van der Waals surface area contributed by atoms with Gasteiger partial charge in [-0.25, -0.2) is 9.46 Å². The topological polar surface area (TPSA) is 122 Å². The third-order valence-electron chi connectivity index (χ3n) is 6.50. The average Bonchev–Trinajstić information content (AvgIpc) is 2.94. The van der Waals surface area contributed by atoms with Crippen molar-refractivity contribution < 1.29 is 16.9 Å². The molecule has 1 aromatic rings. The lowest BCUT2D eigenvalue weighted by Gasteiger charge is -2.43. The molecule has 3 unspecified atom stereocenters. The minimum atomic E-state index is -1.03. The van der Waals surface area contributed by atoms with Crippen molar-refractivity contribution in [2.24, 2.45) is 0 Å². The zero-order chi connectivity index (χ0) is 30.1. The van der Waals surface area contributed by atoms with Crippen LogP contribution in [-0.2, 0) is 16.9 Å². The molecule has 0 radical (unpaired) electrons. The third-order valence-corrected chi connectivity index (χ3v) is 8.87. The van der Waals surface area contributed by atoms with E-state index >= 15 is 0 Å². The Balaban J connectivity index is 0.000000411. The van der Waals surface area contributed by atoms with Crippen LogP contribution in [-0.4, -0.2) is 76.8 Å². The van der Waals surface area contributed by atoms with Gasteiger partial charge in [-0.3, -0.25) is 19.2 Å². The molecular formula is C27H49IN5O6P. The Bertz CT molecular complexity index is 958. The summed E-state index contributed by atoms with van der Waals surface area (Å²) in [5.41, 5.74) is -0.819. The summed E-state index contributed by atoms with van der Waals surface area (Å²) in [6, 6.07) is 4.70. The van der Waals surface area contributed by atoms with E-state index in [-0.39, 0.29) is 6.10 Å². The van der Waals surface area contributed by atoms with Crippen LogP contribution in [0, 0.1) is 11.3 Å². The summed E-state index contributed by atoms with van der Waals surface area (Å²) in [5, 5.41) is 8.43. The van der Waals surface area contributed by atoms with Gasteiger partial charge in [-0.1, -0.05) is 33.1 Å². The Morgan fingerprint density at radius 2 is 1.82 bits per heavy atom. The summed E-state index contributed by atoms with van der Waals surface area (Å²) < 4.78 is 25.8. The van der Waals surface area contributed by atoms with Crippen molar-refractivity contribution >= 4 is 31.5 Å². The van der Waals surface area contributed by atoms with E-state index in [1.165, 1.54) is 48.9 Å². The van der Waals surface area contributed by atoms with Crippen molar-refractivity contribution in [2.75, 3.05) is 33.4 Å². The second kappa shape index (κ2) is 20.9. The van der Waals surface area contributed by atoms with Crippen LogP contribution < -0.4 is 11.2 Å². The van der Waals surface area contributed by atoms with Crippen molar-refractivity contribution in [3.63, 3.8) is 0 Å². The van der Waals surface area contributed by atoms with Gasteiger partial charge < -0.3 is 16.9 Å². The monoisotopic (exact) mass is 697 g/mol. The number of aromatic nitrogens is 2. The van der Waals surface area contributed by atoms with Gasteiger partial charge in [0.15, 0.2) is 6.23 Å². The third kappa shape index (κ3) is 12.5. The molecule has 1 aromatic heterocycles. The van der Waals surface area contributed by atoms with Crippen LogP contribution in [0.2, 0.25) is 0 Å². The summed E-state index contributed by atoms with van der Waals surface area (Å²) in [6.07, 6.45) is 7.68. The average molecular weight is 698 g/mol. The highest BCUT2D eigenvalue weighted by Crippen LogP contribution is 2.44. The van der Waals surface area contributed by atoms with E-state index in [4.69, 9.17) is 22.1 Å². The van der Waals surface area contributed by atoms with Crippen LogP contribution in [0.15, 0.2) is 21.9 Å². The lowest BCUT2D eigenvalue weighted by Crippen LogP contribution is -2.53. The highest BCUT2D eigenvalue weighted by molar-refractivity contribution is 14.1. The molecule has 40 heavy (non-hydrogen) atoms. The number of H-pyrrole nitrogens is 1. The molecule has 3 atom stereocenters. The van der Waals surface area contributed by atoms with Crippen molar-refractivity contribution in [1.82, 2.24) is 19.1 Å². The Hall–Kier alpha value is -0.910. The predicted octanol–water partition coefficient (Wildman–Crippen LogP) is 5.37. The molecule has 2 aliphatic rings. The minimum Gasteiger partial charge on any atom is -0.349 e. The van der Waals surface area contributed by atoms with Gasteiger partial charge in [-0.15, -0.1) is 0 Å². The lowest BCUT2D eigenvalue weighted by atomic mass is 9.93. The number of rotatable bonds is 11. The van der Waals surface area contributed by atoms with Gasteiger partial charge in [0, 0.05) is 50.6 Å². The molecule has 1 saturated heterocycles. The first-order valence-electron chi connectivity index (χ1n) is 14.3. The molecule has 230 valence electrons. The molecule has 2 heterocycles. The van der Waals surface area contributed by atoms with E-state index < -0.39 is 26.0 Å².